The molecule has 1 rings (SSSR count). The van der Waals surface area contributed by atoms with Crippen LogP contribution in [0.4, 0.5) is 0 Å². The molecule has 1 unspecified atom stereocenters. The minimum Gasteiger partial charge on any atom is -0.481 e. The Morgan fingerprint density at radius 3 is 2.83 bits per heavy atom. The molecule has 1 atom stereocenters. The lowest BCUT2D eigenvalue weighted by atomic mass is 9.88. The summed E-state index contributed by atoms with van der Waals surface area (Å²) in [5, 5.41) is 11.8. The predicted molar refractivity (Wildman–Crippen MR) is 70.4 cm³/mol. The summed E-state index contributed by atoms with van der Waals surface area (Å²) in [6, 6.07) is 5.47. The molecule has 0 amide bonds. The molecule has 1 heterocycles. The van der Waals surface area contributed by atoms with E-state index < -0.39 is 5.97 Å². The van der Waals surface area contributed by atoms with Crippen LogP contribution in [0, 0.1) is 0 Å². The van der Waals surface area contributed by atoms with Gasteiger partial charge in [-0.15, -0.1) is 0 Å². The van der Waals surface area contributed by atoms with Crippen LogP contribution in [0.2, 0.25) is 0 Å². The molecule has 4 N–H and O–H groups in total. The second kappa shape index (κ2) is 6.47. The normalized spacial score (nSPS) is 13.3. The first-order chi connectivity index (χ1) is 8.42. The maximum Gasteiger partial charge on any atom is 0.304 e. The van der Waals surface area contributed by atoms with Gasteiger partial charge in [0.25, 0.3) is 0 Å². The fraction of sp³-hybridized carbons (Fsp3) is 0.538. The Bertz CT molecular complexity index is 379. The van der Waals surface area contributed by atoms with Crippen molar-refractivity contribution in [3.63, 3.8) is 0 Å². The Balaban J connectivity index is 2.41. The third kappa shape index (κ3) is 4.81. The largest absolute Gasteiger partial charge is 0.481 e. The molecule has 0 bridgehead atoms. The molecule has 18 heavy (non-hydrogen) atoms. The van der Waals surface area contributed by atoms with E-state index in [1.807, 2.05) is 18.2 Å². The van der Waals surface area contributed by atoms with Gasteiger partial charge < -0.3 is 16.2 Å². The topological polar surface area (TPSA) is 88.2 Å². The first kappa shape index (κ1) is 14.6. The number of aliphatic carboxylic acids is 1. The maximum atomic E-state index is 10.5. The highest BCUT2D eigenvalue weighted by Gasteiger charge is 2.21. The molecule has 0 aromatic carbocycles. The van der Waals surface area contributed by atoms with E-state index >= 15 is 0 Å². The van der Waals surface area contributed by atoms with Crippen LogP contribution in [-0.2, 0) is 10.2 Å². The van der Waals surface area contributed by atoms with Crippen molar-refractivity contribution in [3.05, 3.63) is 30.1 Å². The standard InChI is InChI=1S/C13H21N3O2/c1-13(2,11-5-3-4-6-16-11)9-15-8-10(14)7-12(17)18/h3-6,10,15H,7-9,14H2,1-2H3,(H,17,18). The molecule has 0 fully saturated rings. The summed E-state index contributed by atoms with van der Waals surface area (Å²) in [5.74, 6) is -0.867. The molecule has 100 valence electrons. The average Bonchev–Trinajstić information content (AvgIpc) is 2.29. The lowest BCUT2D eigenvalue weighted by molar-refractivity contribution is -0.137. The second-order valence-corrected chi connectivity index (χ2v) is 5.09. The summed E-state index contributed by atoms with van der Waals surface area (Å²) in [4.78, 5) is 14.8. The fourth-order valence-electron chi connectivity index (χ4n) is 1.72. The molecule has 0 aliphatic rings. The van der Waals surface area contributed by atoms with Gasteiger partial charge in [0.1, 0.15) is 0 Å². The lowest BCUT2D eigenvalue weighted by Gasteiger charge is -2.25. The zero-order valence-corrected chi connectivity index (χ0v) is 10.9. The van der Waals surface area contributed by atoms with E-state index in [2.05, 4.69) is 24.1 Å². The van der Waals surface area contributed by atoms with Crippen LogP contribution in [0.3, 0.4) is 0 Å². The van der Waals surface area contributed by atoms with E-state index in [1.165, 1.54) is 0 Å². The number of hydrogen-bond acceptors (Lipinski definition) is 4. The first-order valence-corrected chi connectivity index (χ1v) is 6.01. The summed E-state index contributed by atoms with van der Waals surface area (Å²) < 4.78 is 0. The number of aromatic nitrogens is 1. The highest BCUT2D eigenvalue weighted by molar-refractivity contribution is 5.67. The molecule has 0 aliphatic heterocycles. The van der Waals surface area contributed by atoms with Gasteiger partial charge in [-0.3, -0.25) is 9.78 Å². The van der Waals surface area contributed by atoms with Gasteiger partial charge >= 0.3 is 5.97 Å². The van der Waals surface area contributed by atoms with Gasteiger partial charge in [0, 0.05) is 36.4 Å². The zero-order valence-electron chi connectivity index (χ0n) is 10.9. The van der Waals surface area contributed by atoms with E-state index in [1.54, 1.807) is 6.20 Å². The summed E-state index contributed by atoms with van der Waals surface area (Å²) >= 11 is 0. The molecule has 0 saturated heterocycles. The SMILES string of the molecule is CC(C)(CNCC(N)CC(=O)O)c1ccccn1. The number of pyridine rings is 1. The third-order valence-corrected chi connectivity index (χ3v) is 2.77. The monoisotopic (exact) mass is 251 g/mol. The molecule has 1 aromatic heterocycles. The number of carboxylic acids is 1. The maximum absolute atomic E-state index is 10.5. The molecule has 0 spiro atoms. The molecule has 0 radical (unpaired) electrons. The van der Waals surface area contributed by atoms with Crippen LogP contribution in [-0.4, -0.2) is 35.2 Å². The first-order valence-electron chi connectivity index (χ1n) is 6.01. The Labute approximate surface area is 107 Å². The average molecular weight is 251 g/mol. The molecule has 5 heteroatoms. The number of nitrogens with two attached hydrogens (primary N) is 1. The number of rotatable bonds is 7. The van der Waals surface area contributed by atoms with Gasteiger partial charge in [0.05, 0.1) is 6.42 Å². The van der Waals surface area contributed by atoms with Crippen molar-refractivity contribution in [2.24, 2.45) is 5.73 Å². The fourth-order valence-corrected chi connectivity index (χ4v) is 1.72. The minimum absolute atomic E-state index is 0.0168. The number of nitrogens with zero attached hydrogens (tertiary/aromatic N) is 1. The van der Waals surface area contributed by atoms with Crippen LogP contribution >= 0.6 is 0 Å². The van der Waals surface area contributed by atoms with Gasteiger partial charge in [0.2, 0.25) is 0 Å². The summed E-state index contributed by atoms with van der Waals surface area (Å²) in [6.45, 7) is 5.37. The third-order valence-electron chi connectivity index (χ3n) is 2.77. The van der Waals surface area contributed by atoms with Gasteiger partial charge in [-0.2, -0.15) is 0 Å². The molecule has 5 nitrogen and oxygen atoms in total. The zero-order chi connectivity index (χ0) is 13.6. The van der Waals surface area contributed by atoms with Crippen molar-refractivity contribution >= 4 is 5.97 Å². The van der Waals surface area contributed by atoms with E-state index in [4.69, 9.17) is 10.8 Å². The van der Waals surface area contributed by atoms with E-state index in [9.17, 15) is 4.79 Å². The summed E-state index contributed by atoms with van der Waals surface area (Å²) in [7, 11) is 0. The van der Waals surface area contributed by atoms with E-state index in [-0.39, 0.29) is 17.9 Å². The Morgan fingerprint density at radius 2 is 2.28 bits per heavy atom. The molecule has 1 aromatic rings. The number of carbonyl (C=O) groups is 1. The van der Waals surface area contributed by atoms with Crippen LogP contribution in [0.5, 0.6) is 0 Å². The quantitative estimate of drug-likeness (QED) is 0.665. The van der Waals surface area contributed by atoms with Crippen molar-refractivity contribution in [1.82, 2.24) is 10.3 Å². The number of nitrogens with one attached hydrogen (secondary N) is 1. The summed E-state index contributed by atoms with van der Waals surface area (Å²) in [6.07, 6.45) is 1.75. The minimum atomic E-state index is -0.867. The van der Waals surface area contributed by atoms with Crippen molar-refractivity contribution in [1.29, 1.82) is 0 Å². The van der Waals surface area contributed by atoms with E-state index in [0.717, 1.165) is 5.69 Å². The second-order valence-electron chi connectivity index (χ2n) is 5.09. The van der Waals surface area contributed by atoms with Crippen LogP contribution < -0.4 is 11.1 Å². The highest BCUT2D eigenvalue weighted by Crippen LogP contribution is 2.19. The van der Waals surface area contributed by atoms with Crippen molar-refractivity contribution in [3.8, 4) is 0 Å². The van der Waals surface area contributed by atoms with Crippen molar-refractivity contribution in [2.45, 2.75) is 31.7 Å². The van der Waals surface area contributed by atoms with Gasteiger partial charge in [0.15, 0.2) is 0 Å². The lowest BCUT2D eigenvalue weighted by Crippen LogP contribution is -2.41. The van der Waals surface area contributed by atoms with E-state index in [0.29, 0.717) is 13.1 Å². The molecule has 0 aliphatic carbocycles. The van der Waals surface area contributed by atoms with Crippen molar-refractivity contribution in [2.75, 3.05) is 13.1 Å². The predicted octanol–water partition coefficient (Wildman–Crippen LogP) is 0.751. The summed E-state index contributed by atoms with van der Waals surface area (Å²) in [5.41, 5.74) is 6.58. The number of hydrogen-bond donors (Lipinski definition) is 3. The highest BCUT2D eigenvalue weighted by atomic mass is 16.4. The van der Waals surface area contributed by atoms with Gasteiger partial charge in [-0.1, -0.05) is 19.9 Å². The van der Waals surface area contributed by atoms with Gasteiger partial charge in [-0.05, 0) is 12.1 Å². The Kier molecular flexibility index (Phi) is 5.25. The van der Waals surface area contributed by atoms with Crippen LogP contribution in [0.1, 0.15) is 26.0 Å². The smallest absolute Gasteiger partial charge is 0.304 e. The molecular weight excluding hydrogens is 230 g/mol. The Hall–Kier alpha value is -1.46. The van der Waals surface area contributed by atoms with Crippen molar-refractivity contribution < 1.29 is 9.90 Å². The van der Waals surface area contributed by atoms with Crippen LogP contribution in [0.25, 0.3) is 0 Å². The Morgan fingerprint density at radius 1 is 1.56 bits per heavy atom. The van der Waals surface area contributed by atoms with Crippen LogP contribution in [0.15, 0.2) is 24.4 Å². The number of carboxylic acid groups (broad SMARTS) is 1. The molecular formula is C13H21N3O2. The molecule has 0 saturated carbocycles. The van der Waals surface area contributed by atoms with Gasteiger partial charge in [-0.25, -0.2) is 0 Å².